The van der Waals surface area contributed by atoms with Crippen molar-refractivity contribution in [3.63, 3.8) is 0 Å². The molecule has 1 amide bonds. The van der Waals surface area contributed by atoms with Crippen molar-refractivity contribution in [3.05, 3.63) is 70.4 Å². The van der Waals surface area contributed by atoms with Gasteiger partial charge in [0.1, 0.15) is 0 Å². The highest BCUT2D eigenvalue weighted by molar-refractivity contribution is 8.00. The van der Waals surface area contributed by atoms with E-state index in [1.54, 1.807) is 6.21 Å². The number of hydrazone groups is 1. The number of amides is 1. The van der Waals surface area contributed by atoms with Gasteiger partial charge in [-0.2, -0.15) is 5.10 Å². The number of rotatable bonds is 6. The highest BCUT2D eigenvalue weighted by Crippen LogP contribution is 2.30. The summed E-state index contributed by atoms with van der Waals surface area (Å²) in [6.07, 6.45) is 1.67. The number of carbonyl (C=O) groups excluding carboxylic acids is 1. The van der Waals surface area contributed by atoms with Crippen LogP contribution in [-0.2, 0) is 4.79 Å². The molecule has 0 bridgehead atoms. The van der Waals surface area contributed by atoms with Crippen LogP contribution >= 0.6 is 11.8 Å². The molecule has 2 aromatic carbocycles. The summed E-state index contributed by atoms with van der Waals surface area (Å²) in [6.45, 7) is 10.5. The van der Waals surface area contributed by atoms with Gasteiger partial charge in [-0.1, -0.05) is 49.7 Å². The number of fused-ring (bicyclic) bond motifs is 1. The lowest BCUT2D eigenvalue weighted by Gasteiger charge is -2.10. The maximum atomic E-state index is 12.2. The van der Waals surface area contributed by atoms with E-state index >= 15 is 0 Å². The van der Waals surface area contributed by atoms with Gasteiger partial charge in [0.2, 0.25) is 5.91 Å². The molecule has 0 saturated carbocycles. The van der Waals surface area contributed by atoms with E-state index in [9.17, 15) is 4.79 Å². The molecule has 0 spiro atoms. The molecule has 0 saturated heterocycles. The Kier molecular flexibility index (Phi) is 6.70. The lowest BCUT2D eigenvalue weighted by Crippen LogP contribution is -2.19. The van der Waals surface area contributed by atoms with Crippen molar-refractivity contribution in [1.82, 2.24) is 10.4 Å². The third kappa shape index (κ3) is 5.45. The Morgan fingerprint density at radius 2 is 1.86 bits per heavy atom. The SMILES string of the molecule is Cc1cc(C)c2nc(C)cc(SCC(=O)N/N=C/c3ccc(C(C)C)cc3)c2c1. The molecule has 0 aliphatic rings. The van der Waals surface area contributed by atoms with E-state index in [1.807, 2.05) is 25.1 Å². The summed E-state index contributed by atoms with van der Waals surface area (Å²) in [5, 5.41) is 5.18. The van der Waals surface area contributed by atoms with Crippen LogP contribution in [0.1, 0.15) is 47.7 Å². The second-order valence-corrected chi connectivity index (χ2v) is 8.66. The van der Waals surface area contributed by atoms with Crippen LogP contribution in [0, 0.1) is 20.8 Å². The van der Waals surface area contributed by atoms with Crippen molar-refractivity contribution in [1.29, 1.82) is 0 Å². The van der Waals surface area contributed by atoms with Crippen molar-refractivity contribution in [3.8, 4) is 0 Å². The van der Waals surface area contributed by atoms with E-state index in [0.717, 1.165) is 32.6 Å². The summed E-state index contributed by atoms with van der Waals surface area (Å²) in [6, 6.07) is 14.5. The first-order chi connectivity index (χ1) is 13.8. The third-order valence-corrected chi connectivity index (χ3v) is 5.76. The molecule has 0 aliphatic heterocycles. The topological polar surface area (TPSA) is 54.4 Å². The third-order valence-electron chi connectivity index (χ3n) is 4.70. The minimum absolute atomic E-state index is 0.128. The van der Waals surface area contributed by atoms with Crippen LogP contribution in [0.2, 0.25) is 0 Å². The first-order valence-electron chi connectivity index (χ1n) is 9.76. The van der Waals surface area contributed by atoms with Gasteiger partial charge in [0.05, 0.1) is 17.5 Å². The van der Waals surface area contributed by atoms with Gasteiger partial charge in [-0.3, -0.25) is 9.78 Å². The summed E-state index contributed by atoms with van der Waals surface area (Å²) < 4.78 is 0. The first-order valence-corrected chi connectivity index (χ1v) is 10.8. The molecule has 29 heavy (non-hydrogen) atoms. The number of hydrogen-bond acceptors (Lipinski definition) is 4. The number of aryl methyl sites for hydroxylation is 3. The Bertz CT molecular complexity index is 1060. The Labute approximate surface area is 176 Å². The van der Waals surface area contributed by atoms with E-state index in [2.05, 4.69) is 67.5 Å². The molecule has 3 aromatic rings. The molecule has 0 aliphatic carbocycles. The zero-order valence-electron chi connectivity index (χ0n) is 17.6. The Hall–Kier alpha value is -2.66. The Morgan fingerprint density at radius 1 is 1.14 bits per heavy atom. The summed E-state index contributed by atoms with van der Waals surface area (Å²) in [5.74, 6) is 0.671. The van der Waals surface area contributed by atoms with Gasteiger partial charge in [0, 0.05) is 16.0 Å². The lowest BCUT2D eigenvalue weighted by molar-refractivity contribution is -0.118. The lowest BCUT2D eigenvalue weighted by atomic mass is 10.0. The first kappa shape index (κ1) is 21.1. The molecule has 0 atom stereocenters. The fourth-order valence-electron chi connectivity index (χ4n) is 3.21. The number of benzene rings is 2. The van der Waals surface area contributed by atoms with E-state index in [-0.39, 0.29) is 5.91 Å². The fraction of sp³-hybridized carbons (Fsp3) is 0.292. The molecule has 4 nitrogen and oxygen atoms in total. The smallest absolute Gasteiger partial charge is 0.250 e. The Morgan fingerprint density at radius 3 is 2.55 bits per heavy atom. The minimum atomic E-state index is -0.128. The van der Waals surface area contributed by atoms with Crippen LogP contribution in [-0.4, -0.2) is 22.9 Å². The van der Waals surface area contributed by atoms with Gasteiger partial charge in [-0.05, 0) is 55.5 Å². The fourth-order valence-corrected chi connectivity index (χ4v) is 4.13. The summed E-state index contributed by atoms with van der Waals surface area (Å²) >= 11 is 1.52. The summed E-state index contributed by atoms with van der Waals surface area (Å²) in [7, 11) is 0. The zero-order chi connectivity index (χ0) is 21.0. The number of thioether (sulfide) groups is 1. The number of nitrogens with one attached hydrogen (secondary N) is 1. The van der Waals surface area contributed by atoms with Crippen molar-refractivity contribution in [2.45, 2.75) is 45.4 Å². The van der Waals surface area contributed by atoms with Gasteiger partial charge in [0.15, 0.2) is 0 Å². The molecule has 0 unspecified atom stereocenters. The number of nitrogens with zero attached hydrogens (tertiary/aromatic N) is 2. The summed E-state index contributed by atoms with van der Waals surface area (Å²) in [4.78, 5) is 18.0. The quantitative estimate of drug-likeness (QED) is 0.333. The molecule has 5 heteroatoms. The number of carbonyl (C=O) groups is 1. The minimum Gasteiger partial charge on any atom is -0.272 e. The maximum Gasteiger partial charge on any atom is 0.250 e. The maximum absolute atomic E-state index is 12.2. The molecule has 0 radical (unpaired) electrons. The molecule has 1 aromatic heterocycles. The number of pyridine rings is 1. The highest BCUT2D eigenvalue weighted by atomic mass is 32.2. The standard InChI is InChI=1S/C24H27N3OS/c1-15(2)20-8-6-19(7-9-20)13-25-27-23(28)14-29-22-12-18(5)26-24-17(4)10-16(3)11-21(22)24/h6-13,15H,14H2,1-5H3,(H,27,28)/b25-13+. The monoisotopic (exact) mass is 405 g/mol. The van der Waals surface area contributed by atoms with Crippen molar-refractivity contribution in [2.75, 3.05) is 5.75 Å². The number of hydrogen-bond donors (Lipinski definition) is 1. The van der Waals surface area contributed by atoms with Crippen molar-refractivity contribution < 1.29 is 4.79 Å². The molecular weight excluding hydrogens is 378 g/mol. The van der Waals surface area contributed by atoms with Crippen LogP contribution < -0.4 is 5.43 Å². The van der Waals surface area contributed by atoms with Crippen LogP contribution in [0.4, 0.5) is 0 Å². The van der Waals surface area contributed by atoms with Crippen molar-refractivity contribution >= 4 is 34.8 Å². The van der Waals surface area contributed by atoms with Crippen LogP contribution in [0.25, 0.3) is 10.9 Å². The van der Waals surface area contributed by atoms with Crippen molar-refractivity contribution in [2.24, 2.45) is 5.10 Å². The number of aromatic nitrogens is 1. The highest BCUT2D eigenvalue weighted by Gasteiger charge is 2.10. The second-order valence-electron chi connectivity index (χ2n) is 7.64. The average Bonchev–Trinajstić information content (AvgIpc) is 2.67. The zero-order valence-corrected chi connectivity index (χ0v) is 18.4. The molecule has 0 fully saturated rings. The molecule has 3 rings (SSSR count). The van der Waals surface area contributed by atoms with E-state index in [0.29, 0.717) is 11.7 Å². The largest absolute Gasteiger partial charge is 0.272 e. The van der Waals surface area contributed by atoms with Crippen LogP contribution in [0.3, 0.4) is 0 Å². The van der Waals surface area contributed by atoms with Gasteiger partial charge in [0.25, 0.3) is 0 Å². The van der Waals surface area contributed by atoms with Gasteiger partial charge in [-0.15, -0.1) is 11.8 Å². The van der Waals surface area contributed by atoms with Crippen LogP contribution in [0.15, 0.2) is 52.5 Å². The van der Waals surface area contributed by atoms with E-state index in [4.69, 9.17) is 0 Å². The van der Waals surface area contributed by atoms with E-state index < -0.39 is 0 Å². The predicted octanol–water partition coefficient (Wildman–Crippen LogP) is 5.53. The van der Waals surface area contributed by atoms with Gasteiger partial charge in [-0.25, -0.2) is 5.43 Å². The van der Waals surface area contributed by atoms with Gasteiger partial charge >= 0.3 is 0 Å². The van der Waals surface area contributed by atoms with E-state index in [1.165, 1.54) is 22.9 Å². The molecule has 150 valence electrons. The second kappa shape index (κ2) is 9.23. The normalized spacial score (nSPS) is 11.5. The Balaban J connectivity index is 1.63. The summed E-state index contributed by atoms with van der Waals surface area (Å²) in [5.41, 5.74) is 9.17. The molecule has 1 N–H and O–H groups in total. The predicted molar refractivity (Wildman–Crippen MR) is 123 cm³/mol. The average molecular weight is 406 g/mol. The van der Waals surface area contributed by atoms with Gasteiger partial charge < -0.3 is 0 Å². The molecule has 1 heterocycles. The molecular formula is C24H27N3OS. The van der Waals surface area contributed by atoms with Crippen LogP contribution in [0.5, 0.6) is 0 Å².